The molecule has 302 valence electrons. The first kappa shape index (κ1) is 37.4. The summed E-state index contributed by atoms with van der Waals surface area (Å²) < 4.78 is 25.8. The number of aromatic nitrogens is 4. The number of carbonyl (C=O) groups is 2. The average molecular weight is 778 g/mol. The van der Waals surface area contributed by atoms with Crippen LogP contribution in [0.5, 0.6) is 5.75 Å². The Balaban J connectivity index is 0.890. The van der Waals surface area contributed by atoms with E-state index in [1.807, 2.05) is 14.1 Å². The number of hydrogen-bond donors (Lipinski definition) is 4. The van der Waals surface area contributed by atoms with Crippen molar-refractivity contribution < 1.29 is 48.5 Å². The number of ether oxygens (including phenoxy) is 4. The second-order valence-corrected chi connectivity index (χ2v) is 16.8. The van der Waals surface area contributed by atoms with Crippen molar-refractivity contribution in [2.75, 3.05) is 32.7 Å². The van der Waals surface area contributed by atoms with Gasteiger partial charge in [-0.3, -0.25) is 9.36 Å². The van der Waals surface area contributed by atoms with Gasteiger partial charge in [0.15, 0.2) is 23.2 Å². The number of nitrogens with zero attached hydrogens (tertiary/aromatic N) is 5. The van der Waals surface area contributed by atoms with E-state index in [0.29, 0.717) is 60.3 Å². The van der Waals surface area contributed by atoms with Gasteiger partial charge >= 0.3 is 6.09 Å². The number of carbonyl (C=O) groups excluding carboxylic acids is 2. The zero-order valence-electron chi connectivity index (χ0n) is 31.9. The molecule has 7 aliphatic rings. The van der Waals surface area contributed by atoms with E-state index in [0.717, 1.165) is 43.1 Å². The predicted molar refractivity (Wildman–Crippen MR) is 197 cm³/mol. The minimum atomic E-state index is -1.32. The maximum atomic E-state index is 14.1. The molecule has 3 aromatic rings. The van der Waals surface area contributed by atoms with Crippen LogP contribution in [-0.2, 0) is 35.2 Å². The molecule has 2 amide bonds. The van der Waals surface area contributed by atoms with Crippen molar-refractivity contribution >= 4 is 29.0 Å². The van der Waals surface area contributed by atoms with Gasteiger partial charge in [0.1, 0.15) is 36.4 Å². The minimum Gasteiger partial charge on any atom is -0.497 e. The van der Waals surface area contributed by atoms with E-state index in [4.69, 9.17) is 28.7 Å². The zero-order chi connectivity index (χ0) is 38.8. The molecule has 4 heterocycles. The maximum Gasteiger partial charge on any atom is 0.408 e. The topological polar surface area (TPSA) is 201 Å². The summed E-state index contributed by atoms with van der Waals surface area (Å²) >= 11 is 0. The molecule has 56 heavy (non-hydrogen) atoms. The molecule has 5 aliphatic carbocycles. The van der Waals surface area contributed by atoms with Gasteiger partial charge in [0.05, 0.1) is 26.1 Å². The summed E-state index contributed by atoms with van der Waals surface area (Å²) in [6.07, 6.45) is 6.33. The fraction of sp³-hybridized carbons (Fsp3) is 0.667. The maximum absolute atomic E-state index is 14.1. The van der Waals surface area contributed by atoms with Crippen LogP contribution in [0.2, 0.25) is 0 Å². The number of benzene rings is 1. The third kappa shape index (κ3) is 6.65. The highest BCUT2D eigenvalue weighted by Crippen LogP contribution is 2.63. The number of aliphatic hydroxyl groups is 2. The van der Waals surface area contributed by atoms with Crippen LogP contribution in [0.1, 0.15) is 69.6 Å². The van der Waals surface area contributed by atoms with E-state index >= 15 is 0 Å². The Morgan fingerprint density at radius 1 is 1.05 bits per heavy atom. The summed E-state index contributed by atoms with van der Waals surface area (Å²) in [6, 6.07) is 4.98. The first-order chi connectivity index (χ1) is 27.1. The Hall–Kier alpha value is -4.13. The summed E-state index contributed by atoms with van der Waals surface area (Å²) in [6.45, 7) is -0.497. The summed E-state index contributed by atoms with van der Waals surface area (Å²) in [5.74, 6) is 1.01. The van der Waals surface area contributed by atoms with E-state index in [2.05, 4.69) is 25.6 Å². The molecule has 0 radical (unpaired) electrons. The van der Waals surface area contributed by atoms with Crippen LogP contribution in [0.15, 0.2) is 36.9 Å². The lowest BCUT2D eigenvalue weighted by molar-refractivity contribution is -0.390. The molecule has 5 saturated carbocycles. The van der Waals surface area contributed by atoms with Crippen LogP contribution in [0, 0.1) is 23.7 Å². The molecule has 4 bridgehead atoms. The Morgan fingerprint density at radius 3 is 2.50 bits per heavy atom. The summed E-state index contributed by atoms with van der Waals surface area (Å²) in [4.78, 5) is 55.0. The second-order valence-electron chi connectivity index (χ2n) is 16.8. The van der Waals surface area contributed by atoms with Crippen LogP contribution in [0.25, 0.3) is 11.2 Å². The number of amides is 2. The predicted octanol–water partition coefficient (Wildman–Crippen LogP) is 2.74. The number of anilines is 1. The van der Waals surface area contributed by atoms with E-state index in [1.54, 1.807) is 40.8 Å². The van der Waals surface area contributed by atoms with Crippen LogP contribution >= 0.6 is 0 Å². The average Bonchev–Trinajstić information content (AvgIpc) is 3.87. The van der Waals surface area contributed by atoms with Crippen molar-refractivity contribution in [3.63, 3.8) is 0 Å². The Bertz CT molecular complexity index is 1900. The molecule has 17 nitrogen and oxygen atoms in total. The largest absolute Gasteiger partial charge is 0.497 e. The van der Waals surface area contributed by atoms with Crippen LogP contribution in [0.3, 0.4) is 0 Å². The fourth-order valence-electron chi connectivity index (χ4n) is 10.5. The highest BCUT2D eigenvalue weighted by molar-refractivity contribution is 5.86. The number of hydrogen-bond acceptors (Lipinski definition) is 14. The van der Waals surface area contributed by atoms with Gasteiger partial charge < -0.3 is 44.7 Å². The molecule has 2 unspecified atom stereocenters. The van der Waals surface area contributed by atoms with Crippen molar-refractivity contribution in [1.82, 2.24) is 30.2 Å². The Kier molecular flexibility index (Phi) is 9.81. The number of nitrogens with one attached hydrogen (secondary N) is 2. The number of alkyl carbamates (subject to hydrolysis) is 1. The molecular weight excluding hydrogens is 726 g/mol. The van der Waals surface area contributed by atoms with Gasteiger partial charge in [-0.25, -0.2) is 19.7 Å². The third-order valence-electron chi connectivity index (χ3n) is 13.0. The molecule has 2 spiro atoms. The van der Waals surface area contributed by atoms with Gasteiger partial charge in [0, 0.05) is 45.2 Å². The number of rotatable bonds is 10. The van der Waals surface area contributed by atoms with Gasteiger partial charge in [-0.2, -0.15) is 9.78 Å². The summed E-state index contributed by atoms with van der Waals surface area (Å²) in [5, 5.41) is 27.5. The lowest BCUT2D eigenvalue weighted by atomic mass is 9.53. The Morgan fingerprint density at radius 2 is 1.80 bits per heavy atom. The lowest BCUT2D eigenvalue weighted by Crippen LogP contribution is -2.59. The number of fused-ring (bicyclic) bond motifs is 1. The molecule has 7 atom stereocenters. The van der Waals surface area contributed by atoms with Crippen LogP contribution in [0.4, 0.5) is 10.6 Å². The first-order valence-corrected chi connectivity index (χ1v) is 19.8. The number of aliphatic hydroxyl groups excluding tert-OH is 2. The highest BCUT2D eigenvalue weighted by atomic mass is 17.3. The van der Waals surface area contributed by atoms with E-state index in [1.165, 1.54) is 19.1 Å². The normalized spacial score (nSPS) is 36.3. The second kappa shape index (κ2) is 14.7. The summed E-state index contributed by atoms with van der Waals surface area (Å²) in [5.41, 5.74) is 1.66. The molecule has 2 aliphatic heterocycles. The van der Waals surface area contributed by atoms with Crippen molar-refractivity contribution in [2.45, 2.75) is 112 Å². The number of imidazole rings is 1. The molecule has 2 aromatic heterocycles. The fourth-order valence-corrected chi connectivity index (χ4v) is 10.5. The van der Waals surface area contributed by atoms with Crippen molar-refractivity contribution in [1.29, 1.82) is 0 Å². The van der Waals surface area contributed by atoms with E-state index < -0.39 is 66.8 Å². The van der Waals surface area contributed by atoms with E-state index in [9.17, 15) is 19.8 Å². The molecule has 7 fully saturated rings. The smallest absolute Gasteiger partial charge is 0.408 e. The van der Waals surface area contributed by atoms with Gasteiger partial charge in [-0.1, -0.05) is 12.1 Å². The van der Waals surface area contributed by atoms with Gasteiger partial charge in [0.2, 0.25) is 17.5 Å². The molecular formula is C39H51N7O10. The van der Waals surface area contributed by atoms with Gasteiger partial charge in [0.25, 0.3) is 0 Å². The molecule has 10 rings (SSSR count). The highest BCUT2D eigenvalue weighted by Gasteiger charge is 2.67. The third-order valence-corrected chi connectivity index (χ3v) is 13.0. The molecule has 2 saturated heterocycles. The van der Waals surface area contributed by atoms with Gasteiger partial charge in [-0.15, -0.1) is 0 Å². The quantitative estimate of drug-likeness (QED) is 0.219. The van der Waals surface area contributed by atoms with Crippen LogP contribution in [-0.4, -0.2) is 112 Å². The standard InChI is InChI=1S/C39H51N7O10/c1-45(2)33-31-34(41-19-40-33)46(20-42-31)36-32(48)30(29(18-47)53-36)44-35(49)28(16-21-6-8-26(51-3)9-7-21)43-37(50)52-27-5-4-10-38(17-27)54-39(56-55-38)24-12-22-11-23(14-24)15-25(39)13-22/h6-9,19-20,22-25,27-30,32,36,47-48H,4-5,10-18H2,1-3H3,(H,43,50)(H,44,49)/t22?,23?,24?,25?,27?,28-,29+,30+,32+,36+,38?,39?/m0/s1. The molecule has 4 N–H and O–H groups in total. The van der Waals surface area contributed by atoms with Crippen LogP contribution < -0.4 is 20.3 Å². The van der Waals surface area contributed by atoms with Crippen molar-refractivity contribution in [2.24, 2.45) is 23.7 Å². The first-order valence-electron chi connectivity index (χ1n) is 19.8. The van der Waals surface area contributed by atoms with Gasteiger partial charge in [-0.05, 0) is 74.5 Å². The SMILES string of the molecule is COc1ccc(C[C@H](NC(=O)OC2CCCC3(C2)OOC2(O3)C3CC4CC(C3)CC2C4)C(=O)N[C@H]2[C@@H](O)[C@H](n3cnc4c(N(C)C)ncnc43)O[C@@H]2CO)cc1. The lowest BCUT2D eigenvalue weighted by Gasteiger charge is -2.57. The van der Waals surface area contributed by atoms with Crippen molar-refractivity contribution in [3.05, 3.63) is 42.5 Å². The van der Waals surface area contributed by atoms with E-state index in [-0.39, 0.29) is 6.42 Å². The monoisotopic (exact) mass is 777 g/mol. The molecule has 17 heteroatoms. The van der Waals surface area contributed by atoms with Crippen molar-refractivity contribution in [3.8, 4) is 5.75 Å². The zero-order valence-corrected chi connectivity index (χ0v) is 31.9. The molecule has 1 aromatic carbocycles. The Labute approximate surface area is 324 Å². The summed E-state index contributed by atoms with van der Waals surface area (Å²) in [7, 11) is 5.23. The minimum absolute atomic E-state index is 0.0974. The number of methoxy groups -OCH3 is 1.